The van der Waals surface area contributed by atoms with Crippen LogP contribution in [0.1, 0.15) is 36.5 Å². The summed E-state index contributed by atoms with van der Waals surface area (Å²) in [5.41, 5.74) is 4.90. The normalized spacial score (nSPS) is 12.6. The summed E-state index contributed by atoms with van der Waals surface area (Å²) in [5, 5.41) is 4.22. The van der Waals surface area contributed by atoms with Crippen LogP contribution in [0.2, 0.25) is 0 Å². The molecule has 6 nitrogen and oxygen atoms in total. The van der Waals surface area contributed by atoms with Gasteiger partial charge in [-0.25, -0.2) is 4.98 Å². The van der Waals surface area contributed by atoms with Crippen molar-refractivity contribution in [2.24, 2.45) is 5.84 Å². The van der Waals surface area contributed by atoms with E-state index in [9.17, 15) is 0 Å². The van der Waals surface area contributed by atoms with Gasteiger partial charge in [0, 0.05) is 19.2 Å². The fraction of sp³-hybridized carbons (Fsp3) is 0.462. The summed E-state index contributed by atoms with van der Waals surface area (Å²) in [6.07, 6.45) is 5.08. The molecule has 0 amide bonds. The lowest BCUT2D eigenvalue weighted by Gasteiger charge is -2.15. The molecule has 0 aliphatic rings. The fourth-order valence-electron chi connectivity index (χ4n) is 2.03. The predicted molar refractivity (Wildman–Crippen MR) is 73.1 cm³/mol. The van der Waals surface area contributed by atoms with Crippen molar-refractivity contribution in [1.82, 2.24) is 25.2 Å². The minimum Gasteiger partial charge on any atom is -0.271 e. The molecule has 0 spiro atoms. The van der Waals surface area contributed by atoms with Crippen LogP contribution >= 0.6 is 0 Å². The molecule has 0 aromatic carbocycles. The molecule has 0 aliphatic heterocycles. The zero-order valence-corrected chi connectivity index (χ0v) is 11.4. The molecule has 0 saturated heterocycles. The number of hydrogen-bond acceptors (Lipinski definition) is 5. The van der Waals surface area contributed by atoms with Gasteiger partial charge < -0.3 is 0 Å². The van der Waals surface area contributed by atoms with Crippen LogP contribution in [0.15, 0.2) is 24.7 Å². The first kappa shape index (κ1) is 13.6. The number of nitrogens with one attached hydrogen (secondary N) is 1. The van der Waals surface area contributed by atoms with E-state index in [1.807, 2.05) is 23.7 Å². The van der Waals surface area contributed by atoms with Crippen LogP contribution < -0.4 is 11.3 Å². The van der Waals surface area contributed by atoms with E-state index in [0.29, 0.717) is 6.42 Å². The number of hydrazine groups is 1. The number of nitrogens with two attached hydrogens (primary N) is 1. The molecule has 0 radical (unpaired) electrons. The minimum absolute atomic E-state index is 0.0558. The molecular formula is C13H20N6. The Kier molecular flexibility index (Phi) is 4.59. The maximum Gasteiger partial charge on any atom is 0.138 e. The summed E-state index contributed by atoms with van der Waals surface area (Å²) in [7, 11) is 0. The second kappa shape index (κ2) is 6.40. The standard InChI is InChI=1S/C13H20N6/c1-3-6-19-13(16-9-17-19)8-12(18-14)11-7-10(2)4-5-15-11/h4-5,7,9,12,18H,3,6,8,14H2,1-2H3. The SMILES string of the molecule is CCCn1ncnc1CC(NN)c1cc(C)ccn1. The Labute approximate surface area is 113 Å². The third kappa shape index (κ3) is 3.36. The highest BCUT2D eigenvalue weighted by Gasteiger charge is 2.15. The van der Waals surface area contributed by atoms with Gasteiger partial charge in [-0.2, -0.15) is 5.10 Å². The summed E-state index contributed by atoms with van der Waals surface area (Å²) in [5.74, 6) is 6.57. The highest BCUT2D eigenvalue weighted by Crippen LogP contribution is 2.15. The molecule has 0 saturated carbocycles. The van der Waals surface area contributed by atoms with Crippen molar-refractivity contribution in [3.05, 3.63) is 41.7 Å². The largest absolute Gasteiger partial charge is 0.271 e. The minimum atomic E-state index is -0.0558. The van der Waals surface area contributed by atoms with Gasteiger partial charge in [0.15, 0.2) is 0 Å². The van der Waals surface area contributed by atoms with E-state index in [0.717, 1.165) is 24.5 Å². The molecule has 6 heteroatoms. The van der Waals surface area contributed by atoms with Crippen LogP contribution in [0.25, 0.3) is 0 Å². The van der Waals surface area contributed by atoms with Crippen LogP contribution in [0, 0.1) is 6.92 Å². The molecule has 3 N–H and O–H groups in total. The van der Waals surface area contributed by atoms with E-state index in [2.05, 4.69) is 27.4 Å². The monoisotopic (exact) mass is 260 g/mol. The number of hydrogen-bond donors (Lipinski definition) is 2. The van der Waals surface area contributed by atoms with Crippen molar-refractivity contribution < 1.29 is 0 Å². The third-order valence-corrected chi connectivity index (χ3v) is 3.01. The lowest BCUT2D eigenvalue weighted by Crippen LogP contribution is -2.31. The molecule has 102 valence electrons. The van der Waals surface area contributed by atoms with Gasteiger partial charge in [-0.3, -0.25) is 20.9 Å². The van der Waals surface area contributed by atoms with Gasteiger partial charge in [0.05, 0.1) is 11.7 Å². The van der Waals surface area contributed by atoms with Gasteiger partial charge in [0.1, 0.15) is 12.2 Å². The molecule has 2 heterocycles. The first-order valence-corrected chi connectivity index (χ1v) is 6.50. The maximum atomic E-state index is 5.65. The molecule has 2 aromatic heterocycles. The van der Waals surface area contributed by atoms with Crippen LogP contribution in [0.3, 0.4) is 0 Å². The molecule has 2 aromatic rings. The summed E-state index contributed by atoms with van der Waals surface area (Å²) in [6, 6.07) is 3.95. The zero-order chi connectivity index (χ0) is 13.7. The van der Waals surface area contributed by atoms with Crippen LogP contribution in [-0.2, 0) is 13.0 Å². The summed E-state index contributed by atoms with van der Waals surface area (Å²) >= 11 is 0. The number of nitrogens with zero attached hydrogens (tertiary/aromatic N) is 4. The van der Waals surface area contributed by atoms with Gasteiger partial charge in [0.2, 0.25) is 0 Å². The number of aryl methyl sites for hydroxylation is 2. The fourth-order valence-corrected chi connectivity index (χ4v) is 2.03. The summed E-state index contributed by atoms with van der Waals surface area (Å²) < 4.78 is 1.92. The van der Waals surface area contributed by atoms with Crippen LogP contribution in [0.4, 0.5) is 0 Å². The molecule has 0 aliphatic carbocycles. The third-order valence-electron chi connectivity index (χ3n) is 3.01. The van der Waals surface area contributed by atoms with Gasteiger partial charge in [-0.05, 0) is 31.0 Å². The Balaban J connectivity index is 2.17. The molecule has 2 rings (SSSR count). The zero-order valence-electron chi connectivity index (χ0n) is 11.4. The average Bonchev–Trinajstić information content (AvgIpc) is 2.84. The van der Waals surface area contributed by atoms with Crippen molar-refractivity contribution >= 4 is 0 Å². The van der Waals surface area contributed by atoms with Crippen molar-refractivity contribution in [3.8, 4) is 0 Å². The molecular weight excluding hydrogens is 240 g/mol. The van der Waals surface area contributed by atoms with E-state index < -0.39 is 0 Å². The Bertz CT molecular complexity index is 521. The van der Waals surface area contributed by atoms with E-state index in [1.54, 1.807) is 12.5 Å². The maximum absolute atomic E-state index is 5.65. The van der Waals surface area contributed by atoms with Gasteiger partial charge in [-0.1, -0.05) is 6.92 Å². The van der Waals surface area contributed by atoms with Gasteiger partial charge in [-0.15, -0.1) is 0 Å². The van der Waals surface area contributed by atoms with E-state index in [1.165, 1.54) is 5.56 Å². The lowest BCUT2D eigenvalue weighted by molar-refractivity contribution is 0.491. The van der Waals surface area contributed by atoms with Gasteiger partial charge >= 0.3 is 0 Å². The van der Waals surface area contributed by atoms with Crippen LogP contribution in [-0.4, -0.2) is 19.7 Å². The smallest absolute Gasteiger partial charge is 0.138 e. The number of rotatable bonds is 6. The molecule has 1 unspecified atom stereocenters. The molecule has 19 heavy (non-hydrogen) atoms. The molecule has 0 fully saturated rings. The van der Waals surface area contributed by atoms with Crippen LogP contribution in [0.5, 0.6) is 0 Å². The van der Waals surface area contributed by atoms with Crippen molar-refractivity contribution in [2.45, 2.75) is 39.3 Å². The lowest BCUT2D eigenvalue weighted by atomic mass is 10.1. The highest BCUT2D eigenvalue weighted by atomic mass is 15.3. The second-order valence-corrected chi connectivity index (χ2v) is 4.58. The van der Waals surface area contributed by atoms with Gasteiger partial charge in [0.25, 0.3) is 0 Å². The summed E-state index contributed by atoms with van der Waals surface area (Å²) in [4.78, 5) is 8.67. The first-order valence-electron chi connectivity index (χ1n) is 6.50. The Hall–Kier alpha value is -1.79. The van der Waals surface area contributed by atoms with E-state index in [4.69, 9.17) is 5.84 Å². The predicted octanol–water partition coefficient (Wildman–Crippen LogP) is 1.14. The Morgan fingerprint density at radius 1 is 1.42 bits per heavy atom. The van der Waals surface area contributed by atoms with E-state index in [-0.39, 0.29) is 6.04 Å². The highest BCUT2D eigenvalue weighted by molar-refractivity contribution is 5.18. The quantitative estimate of drug-likeness (QED) is 0.601. The van der Waals surface area contributed by atoms with Crippen molar-refractivity contribution in [2.75, 3.05) is 0 Å². The van der Waals surface area contributed by atoms with Crippen molar-refractivity contribution in [3.63, 3.8) is 0 Å². The Morgan fingerprint density at radius 2 is 2.26 bits per heavy atom. The first-order chi connectivity index (χ1) is 9.24. The number of pyridine rings is 1. The number of aromatic nitrogens is 4. The topological polar surface area (TPSA) is 81.7 Å². The van der Waals surface area contributed by atoms with E-state index >= 15 is 0 Å². The Morgan fingerprint density at radius 3 is 2.95 bits per heavy atom. The average molecular weight is 260 g/mol. The molecule has 0 bridgehead atoms. The molecule has 1 atom stereocenters. The van der Waals surface area contributed by atoms with Crippen molar-refractivity contribution in [1.29, 1.82) is 0 Å². The summed E-state index contributed by atoms with van der Waals surface area (Å²) in [6.45, 7) is 5.03. The second-order valence-electron chi connectivity index (χ2n) is 4.58.